The highest BCUT2D eigenvalue weighted by Crippen LogP contribution is 2.34. The number of alkyl halides is 3. The van der Waals surface area contributed by atoms with Gasteiger partial charge in [-0.15, -0.1) is 11.3 Å². The Kier molecular flexibility index (Phi) is 5.09. The molecule has 0 saturated heterocycles. The van der Waals surface area contributed by atoms with Crippen LogP contribution in [0.2, 0.25) is 0 Å². The smallest absolute Gasteiger partial charge is 0.434 e. The van der Waals surface area contributed by atoms with Gasteiger partial charge in [0.15, 0.2) is 5.69 Å². The van der Waals surface area contributed by atoms with E-state index < -0.39 is 18.0 Å². The van der Waals surface area contributed by atoms with Crippen molar-refractivity contribution >= 4 is 23.1 Å². The molecule has 0 unspecified atom stereocenters. The Morgan fingerprint density at radius 1 is 1.30 bits per heavy atom. The Balaban J connectivity index is 2.03. The number of methoxy groups -OCH3 is 1. The number of carbonyl (C=O) groups is 1. The molecule has 23 heavy (non-hydrogen) atoms. The zero-order valence-corrected chi connectivity index (χ0v) is 13.0. The van der Waals surface area contributed by atoms with Crippen LogP contribution in [0, 0.1) is 6.92 Å². The van der Waals surface area contributed by atoms with Crippen molar-refractivity contribution in [3.8, 4) is 5.75 Å². The number of nitrogens with zero attached hydrogens (tertiary/aromatic N) is 1. The summed E-state index contributed by atoms with van der Waals surface area (Å²) in [4.78, 5) is 14.6. The molecule has 1 aromatic heterocycles. The maximum Gasteiger partial charge on any atom is 0.434 e. The van der Waals surface area contributed by atoms with Crippen molar-refractivity contribution in [2.24, 2.45) is 0 Å². The first-order valence-electron chi connectivity index (χ1n) is 6.41. The molecule has 0 aliphatic heterocycles. The third-order valence-corrected chi connectivity index (χ3v) is 3.67. The molecule has 0 atom stereocenters. The lowest BCUT2D eigenvalue weighted by Crippen LogP contribution is -2.11. The number of hydrogen-bond donors (Lipinski definition) is 1. The number of aromatic nitrogens is 1. The van der Waals surface area contributed by atoms with Crippen LogP contribution in [0.3, 0.4) is 0 Å². The summed E-state index contributed by atoms with van der Waals surface area (Å²) in [7, 11) is 1.24. The second kappa shape index (κ2) is 6.86. The molecule has 0 aliphatic rings. The number of amides is 1. The number of carbonyl (C=O) groups excluding carboxylic acids is 1. The van der Waals surface area contributed by atoms with Crippen LogP contribution in [0.4, 0.5) is 23.7 Å². The zero-order chi connectivity index (χ0) is 17.0. The molecule has 124 valence electrons. The van der Waals surface area contributed by atoms with Gasteiger partial charge in [0.1, 0.15) is 12.4 Å². The summed E-state index contributed by atoms with van der Waals surface area (Å²) in [5.74, 6) is 0.375. The van der Waals surface area contributed by atoms with E-state index in [-0.39, 0.29) is 11.5 Å². The molecule has 1 amide bonds. The molecule has 1 aromatic carbocycles. The van der Waals surface area contributed by atoms with Gasteiger partial charge in [0.05, 0.1) is 17.0 Å². The van der Waals surface area contributed by atoms with Gasteiger partial charge in [-0.3, -0.25) is 5.32 Å². The number of rotatable bonds is 4. The Labute approximate surface area is 134 Å². The van der Waals surface area contributed by atoms with E-state index in [1.54, 1.807) is 12.1 Å². The van der Waals surface area contributed by atoms with E-state index in [1.807, 2.05) is 0 Å². The first-order valence-corrected chi connectivity index (χ1v) is 7.22. The molecule has 0 fully saturated rings. The number of benzene rings is 1. The maximum absolute atomic E-state index is 12.8. The highest BCUT2D eigenvalue weighted by Gasteiger charge is 2.37. The van der Waals surface area contributed by atoms with Crippen LogP contribution in [-0.2, 0) is 17.5 Å². The minimum absolute atomic E-state index is 0.0202. The molecule has 0 aliphatic carbocycles. The molecular weight excluding hydrogens is 333 g/mol. The third kappa shape index (κ3) is 4.59. The molecule has 9 heteroatoms. The number of nitrogens with one attached hydrogen (secondary N) is 1. The van der Waals surface area contributed by atoms with Crippen molar-refractivity contribution in [2.45, 2.75) is 19.7 Å². The Hall–Kier alpha value is -2.29. The van der Waals surface area contributed by atoms with Crippen LogP contribution in [0.15, 0.2) is 24.3 Å². The first kappa shape index (κ1) is 17.1. The molecule has 1 N–H and O–H groups in total. The van der Waals surface area contributed by atoms with Crippen molar-refractivity contribution in [1.29, 1.82) is 0 Å². The molecule has 0 bridgehead atoms. The Morgan fingerprint density at radius 2 is 1.96 bits per heavy atom. The van der Waals surface area contributed by atoms with Crippen LogP contribution in [0.1, 0.15) is 15.6 Å². The maximum atomic E-state index is 12.8. The van der Waals surface area contributed by atoms with Crippen LogP contribution >= 0.6 is 11.3 Å². The largest absolute Gasteiger partial charge is 0.488 e. The first-order chi connectivity index (χ1) is 10.8. The van der Waals surface area contributed by atoms with Crippen molar-refractivity contribution in [1.82, 2.24) is 4.98 Å². The number of ether oxygens (including phenoxy) is 2. The highest BCUT2D eigenvalue weighted by molar-refractivity contribution is 7.11. The second-order valence-corrected chi connectivity index (χ2v) is 5.72. The van der Waals surface area contributed by atoms with E-state index in [0.29, 0.717) is 16.4 Å². The quantitative estimate of drug-likeness (QED) is 0.900. The molecule has 0 saturated carbocycles. The molecule has 2 rings (SSSR count). The minimum atomic E-state index is -4.50. The van der Waals surface area contributed by atoms with Gasteiger partial charge in [-0.25, -0.2) is 9.78 Å². The van der Waals surface area contributed by atoms with Gasteiger partial charge < -0.3 is 9.47 Å². The van der Waals surface area contributed by atoms with Crippen LogP contribution in [0.5, 0.6) is 5.75 Å². The molecule has 1 heterocycles. The fourth-order valence-electron chi connectivity index (χ4n) is 1.74. The standard InChI is InChI=1S/C14H13F3N2O3S/c1-8-18-12(14(15,16)17)11(23-8)7-22-10-5-3-9(4-6-10)19-13(20)21-2/h3-6H,7H2,1-2H3,(H,19,20). The van der Waals surface area contributed by atoms with E-state index in [1.165, 1.54) is 26.2 Å². The van der Waals surface area contributed by atoms with Crippen LogP contribution < -0.4 is 10.1 Å². The lowest BCUT2D eigenvalue weighted by molar-refractivity contribution is -0.141. The molecule has 2 aromatic rings. The average Bonchev–Trinajstić information content (AvgIpc) is 2.87. The fourth-order valence-corrected chi connectivity index (χ4v) is 2.61. The number of anilines is 1. The van der Waals surface area contributed by atoms with E-state index in [9.17, 15) is 18.0 Å². The molecular formula is C14H13F3N2O3S. The Morgan fingerprint density at radius 3 is 2.52 bits per heavy atom. The van der Waals surface area contributed by atoms with Crippen molar-refractivity contribution < 1.29 is 27.4 Å². The van der Waals surface area contributed by atoms with E-state index in [2.05, 4.69) is 15.0 Å². The third-order valence-electron chi connectivity index (χ3n) is 2.73. The number of aryl methyl sites for hydroxylation is 1. The molecule has 5 nitrogen and oxygen atoms in total. The second-order valence-electron chi connectivity index (χ2n) is 4.43. The summed E-state index contributed by atoms with van der Waals surface area (Å²) in [6.45, 7) is 1.28. The van der Waals surface area contributed by atoms with Crippen molar-refractivity contribution in [2.75, 3.05) is 12.4 Å². The number of hydrogen-bond acceptors (Lipinski definition) is 5. The number of thiazole rings is 1. The SMILES string of the molecule is COC(=O)Nc1ccc(OCc2sc(C)nc2C(F)(F)F)cc1. The number of halogens is 3. The van der Waals surface area contributed by atoms with E-state index in [4.69, 9.17) is 4.74 Å². The summed E-state index contributed by atoms with van der Waals surface area (Å²) in [5.41, 5.74) is -0.433. The monoisotopic (exact) mass is 346 g/mol. The van der Waals surface area contributed by atoms with Gasteiger partial charge in [0.25, 0.3) is 0 Å². The fraction of sp³-hybridized carbons (Fsp3) is 0.286. The van der Waals surface area contributed by atoms with Gasteiger partial charge in [-0.05, 0) is 31.2 Å². The summed E-state index contributed by atoms with van der Waals surface area (Å²) >= 11 is 0.945. The topological polar surface area (TPSA) is 60.5 Å². The van der Waals surface area contributed by atoms with Gasteiger partial charge >= 0.3 is 12.3 Å². The molecule has 0 radical (unpaired) electrons. The summed E-state index contributed by atoms with van der Waals surface area (Å²) < 4.78 is 48.3. The normalized spacial score (nSPS) is 11.2. The predicted molar refractivity (Wildman–Crippen MR) is 78.7 cm³/mol. The minimum Gasteiger partial charge on any atom is -0.488 e. The van der Waals surface area contributed by atoms with Gasteiger partial charge in [-0.1, -0.05) is 0 Å². The molecule has 0 spiro atoms. The Bertz CT molecular complexity index is 684. The summed E-state index contributed by atoms with van der Waals surface area (Å²) in [6.07, 6.45) is -5.12. The van der Waals surface area contributed by atoms with E-state index in [0.717, 1.165) is 11.3 Å². The lowest BCUT2D eigenvalue weighted by atomic mass is 10.3. The van der Waals surface area contributed by atoms with Crippen molar-refractivity contribution in [3.05, 3.63) is 39.8 Å². The summed E-state index contributed by atoms with van der Waals surface area (Å²) in [6, 6.07) is 6.17. The average molecular weight is 346 g/mol. The van der Waals surface area contributed by atoms with Crippen LogP contribution in [0.25, 0.3) is 0 Å². The van der Waals surface area contributed by atoms with Gasteiger partial charge in [0.2, 0.25) is 0 Å². The predicted octanol–water partition coefficient (Wildman–Crippen LogP) is 4.23. The van der Waals surface area contributed by atoms with Crippen molar-refractivity contribution in [3.63, 3.8) is 0 Å². The summed E-state index contributed by atoms with van der Waals surface area (Å²) in [5, 5.41) is 2.78. The van der Waals surface area contributed by atoms with Gasteiger partial charge in [0, 0.05) is 5.69 Å². The van der Waals surface area contributed by atoms with Crippen LogP contribution in [-0.4, -0.2) is 18.2 Å². The lowest BCUT2D eigenvalue weighted by Gasteiger charge is -2.09. The van der Waals surface area contributed by atoms with Gasteiger partial charge in [-0.2, -0.15) is 13.2 Å². The van der Waals surface area contributed by atoms with E-state index >= 15 is 0 Å². The zero-order valence-electron chi connectivity index (χ0n) is 12.2. The highest BCUT2D eigenvalue weighted by atomic mass is 32.1.